The van der Waals surface area contributed by atoms with Crippen LogP contribution in [0.4, 0.5) is 11.9 Å². The third-order valence-electron chi connectivity index (χ3n) is 1.66. The van der Waals surface area contributed by atoms with E-state index in [-0.39, 0.29) is 11.9 Å². The van der Waals surface area contributed by atoms with Crippen LogP contribution in [0.3, 0.4) is 0 Å². The third-order valence-corrected chi connectivity index (χ3v) is 2.49. The fourth-order valence-electron chi connectivity index (χ4n) is 1.09. The zero-order valence-corrected chi connectivity index (χ0v) is 9.35. The molecular weight excluding hydrogens is 228 g/mol. The summed E-state index contributed by atoms with van der Waals surface area (Å²) < 4.78 is 1.61. The van der Waals surface area contributed by atoms with Crippen LogP contribution < -0.4 is 11.5 Å². The van der Waals surface area contributed by atoms with E-state index in [1.165, 1.54) is 18.1 Å². The first-order valence-electron chi connectivity index (χ1n) is 4.51. The van der Waals surface area contributed by atoms with Crippen LogP contribution in [0.1, 0.15) is 6.92 Å². The summed E-state index contributed by atoms with van der Waals surface area (Å²) in [6.07, 6.45) is 1.51. The van der Waals surface area contributed by atoms with Gasteiger partial charge in [0.15, 0.2) is 5.16 Å². The largest absolute Gasteiger partial charge is 0.368 e. The first kappa shape index (κ1) is 10.6. The van der Waals surface area contributed by atoms with Crippen LogP contribution in [0.15, 0.2) is 11.5 Å². The van der Waals surface area contributed by atoms with Crippen molar-refractivity contribution in [2.24, 2.45) is 0 Å². The quantitative estimate of drug-likeness (QED) is 0.701. The summed E-state index contributed by atoms with van der Waals surface area (Å²) >= 11 is 1.52. The van der Waals surface area contributed by atoms with Crippen molar-refractivity contribution < 1.29 is 0 Å². The van der Waals surface area contributed by atoms with Crippen molar-refractivity contribution in [3.63, 3.8) is 0 Å². The molecule has 2 heterocycles. The number of nitrogen functional groups attached to an aromatic ring is 2. The molecule has 84 valence electrons. The van der Waals surface area contributed by atoms with Crippen LogP contribution in [0.5, 0.6) is 0 Å². The van der Waals surface area contributed by atoms with Gasteiger partial charge in [-0.2, -0.15) is 15.0 Å². The standard InChI is InChI=1S/C7H10N8S/c1-2-16-7-14-10-3-15(7)6-12-4(8)11-5(9)13-6/h3H,2H2,1H3,(H4,8,9,11,12,13). The second-order valence-corrected chi connectivity index (χ2v) is 4.00. The minimum absolute atomic E-state index is 0.0728. The third kappa shape index (κ3) is 2.03. The summed E-state index contributed by atoms with van der Waals surface area (Å²) in [5.41, 5.74) is 11.0. The predicted octanol–water partition coefficient (Wildman–Crippen LogP) is -0.271. The lowest BCUT2D eigenvalue weighted by Crippen LogP contribution is -2.09. The monoisotopic (exact) mass is 238 g/mol. The number of aromatic nitrogens is 6. The number of nitrogens with two attached hydrogens (primary N) is 2. The van der Waals surface area contributed by atoms with Crippen molar-refractivity contribution in [3.05, 3.63) is 6.33 Å². The van der Waals surface area contributed by atoms with Crippen molar-refractivity contribution in [1.82, 2.24) is 29.7 Å². The second-order valence-electron chi connectivity index (χ2n) is 2.77. The van der Waals surface area contributed by atoms with Gasteiger partial charge in [-0.25, -0.2) is 4.57 Å². The minimum Gasteiger partial charge on any atom is -0.368 e. The van der Waals surface area contributed by atoms with E-state index < -0.39 is 0 Å². The Morgan fingerprint density at radius 1 is 1.25 bits per heavy atom. The smallest absolute Gasteiger partial charge is 0.243 e. The van der Waals surface area contributed by atoms with Gasteiger partial charge in [-0.1, -0.05) is 18.7 Å². The van der Waals surface area contributed by atoms with E-state index in [1.54, 1.807) is 4.57 Å². The molecule has 0 saturated heterocycles. The van der Waals surface area contributed by atoms with Gasteiger partial charge >= 0.3 is 0 Å². The van der Waals surface area contributed by atoms with E-state index in [2.05, 4.69) is 25.1 Å². The molecule has 0 atom stereocenters. The fourth-order valence-corrected chi connectivity index (χ4v) is 1.73. The number of anilines is 2. The topological polar surface area (TPSA) is 121 Å². The van der Waals surface area contributed by atoms with Gasteiger partial charge in [-0.3, -0.25) is 0 Å². The zero-order valence-electron chi connectivity index (χ0n) is 8.53. The van der Waals surface area contributed by atoms with Crippen LogP contribution in [0.2, 0.25) is 0 Å². The lowest BCUT2D eigenvalue weighted by Gasteiger charge is -2.04. The maximum atomic E-state index is 5.49. The molecule has 0 bridgehead atoms. The van der Waals surface area contributed by atoms with Crippen molar-refractivity contribution in [1.29, 1.82) is 0 Å². The van der Waals surface area contributed by atoms with Gasteiger partial charge in [-0.15, -0.1) is 10.2 Å². The van der Waals surface area contributed by atoms with Crippen LogP contribution in [0.25, 0.3) is 5.95 Å². The van der Waals surface area contributed by atoms with E-state index >= 15 is 0 Å². The molecule has 0 aliphatic carbocycles. The SMILES string of the molecule is CCSc1nncn1-c1nc(N)nc(N)n1. The molecule has 0 aliphatic rings. The molecule has 16 heavy (non-hydrogen) atoms. The maximum absolute atomic E-state index is 5.49. The molecule has 4 N–H and O–H groups in total. The van der Waals surface area contributed by atoms with Crippen molar-refractivity contribution in [2.75, 3.05) is 17.2 Å². The minimum atomic E-state index is 0.0728. The van der Waals surface area contributed by atoms with E-state index in [1.807, 2.05) is 6.92 Å². The number of nitrogens with zero attached hydrogens (tertiary/aromatic N) is 6. The predicted molar refractivity (Wildman–Crippen MR) is 60.0 cm³/mol. The molecule has 0 aliphatic heterocycles. The molecule has 2 aromatic heterocycles. The Morgan fingerprint density at radius 3 is 2.56 bits per heavy atom. The highest BCUT2D eigenvalue weighted by molar-refractivity contribution is 7.99. The zero-order chi connectivity index (χ0) is 11.5. The fraction of sp³-hybridized carbons (Fsp3) is 0.286. The summed E-state index contributed by atoms with van der Waals surface area (Å²) in [6.45, 7) is 2.01. The Hall–Kier alpha value is -1.90. The Balaban J connectivity index is 2.45. The summed E-state index contributed by atoms with van der Waals surface area (Å²) in [7, 11) is 0. The van der Waals surface area contributed by atoms with Gasteiger partial charge in [0.1, 0.15) is 6.33 Å². The molecule has 0 aromatic carbocycles. The average Bonchev–Trinajstić information content (AvgIpc) is 2.65. The highest BCUT2D eigenvalue weighted by atomic mass is 32.2. The van der Waals surface area contributed by atoms with Crippen molar-refractivity contribution >= 4 is 23.7 Å². The summed E-state index contributed by atoms with van der Waals surface area (Å²) in [6, 6.07) is 0. The van der Waals surface area contributed by atoms with E-state index in [0.717, 1.165) is 5.75 Å². The highest BCUT2D eigenvalue weighted by Crippen LogP contribution is 2.17. The molecular formula is C7H10N8S. The normalized spacial score (nSPS) is 10.6. The van der Waals surface area contributed by atoms with Crippen LogP contribution in [-0.2, 0) is 0 Å². The molecule has 8 nitrogen and oxygen atoms in total. The van der Waals surface area contributed by atoms with Crippen LogP contribution >= 0.6 is 11.8 Å². The Bertz CT molecular complexity index is 475. The summed E-state index contributed by atoms with van der Waals surface area (Å²) in [5.74, 6) is 1.34. The molecule has 2 rings (SSSR count). The van der Waals surface area contributed by atoms with Crippen LogP contribution in [0, 0.1) is 0 Å². The molecule has 9 heteroatoms. The number of rotatable bonds is 3. The number of thioether (sulfide) groups is 1. The first-order valence-corrected chi connectivity index (χ1v) is 5.49. The van der Waals surface area contributed by atoms with Gasteiger partial charge in [0.2, 0.25) is 17.8 Å². The molecule has 2 aromatic rings. The van der Waals surface area contributed by atoms with Crippen molar-refractivity contribution in [2.45, 2.75) is 12.1 Å². The molecule has 0 fully saturated rings. The van der Waals surface area contributed by atoms with Gasteiger partial charge in [0.25, 0.3) is 0 Å². The lowest BCUT2D eigenvalue weighted by atomic mass is 10.8. The maximum Gasteiger partial charge on any atom is 0.243 e. The van der Waals surface area contributed by atoms with E-state index in [9.17, 15) is 0 Å². The Kier molecular flexibility index (Phi) is 2.86. The first-order chi connectivity index (χ1) is 7.70. The summed E-state index contributed by atoms with van der Waals surface area (Å²) in [4.78, 5) is 11.6. The average molecular weight is 238 g/mol. The molecule has 0 radical (unpaired) electrons. The lowest BCUT2D eigenvalue weighted by molar-refractivity contribution is 0.817. The Labute approximate surface area is 95.5 Å². The number of hydrogen-bond acceptors (Lipinski definition) is 8. The number of hydrogen-bond donors (Lipinski definition) is 2. The second kappa shape index (κ2) is 4.31. The van der Waals surface area contributed by atoms with Crippen molar-refractivity contribution in [3.8, 4) is 5.95 Å². The summed E-state index contributed by atoms with van der Waals surface area (Å²) in [5, 5.41) is 8.41. The molecule has 0 spiro atoms. The Morgan fingerprint density at radius 2 is 1.94 bits per heavy atom. The van der Waals surface area contributed by atoms with Gasteiger partial charge < -0.3 is 11.5 Å². The van der Waals surface area contributed by atoms with Crippen LogP contribution in [-0.4, -0.2) is 35.5 Å². The molecule has 0 amide bonds. The van der Waals surface area contributed by atoms with E-state index in [0.29, 0.717) is 11.1 Å². The van der Waals surface area contributed by atoms with Gasteiger partial charge in [0, 0.05) is 0 Å². The van der Waals surface area contributed by atoms with E-state index in [4.69, 9.17) is 11.5 Å². The molecule has 0 unspecified atom stereocenters. The highest BCUT2D eigenvalue weighted by Gasteiger charge is 2.10. The van der Waals surface area contributed by atoms with Gasteiger partial charge in [-0.05, 0) is 5.75 Å². The van der Waals surface area contributed by atoms with Gasteiger partial charge in [0.05, 0.1) is 0 Å². The molecule has 0 saturated carbocycles.